The molecule has 0 spiro atoms. The molecule has 0 saturated carbocycles. The fourth-order valence-corrected chi connectivity index (χ4v) is 1.17. The van der Waals surface area contributed by atoms with E-state index in [1.54, 1.807) is 0 Å². The van der Waals surface area contributed by atoms with Crippen molar-refractivity contribution in [2.24, 2.45) is 4.99 Å². The van der Waals surface area contributed by atoms with Crippen molar-refractivity contribution in [3.8, 4) is 0 Å². The topological polar surface area (TPSA) is 12.4 Å². The van der Waals surface area contributed by atoms with E-state index in [9.17, 15) is 0 Å². The van der Waals surface area contributed by atoms with Gasteiger partial charge in [0.25, 0.3) is 0 Å². The molecule has 1 rings (SSSR count). The van der Waals surface area contributed by atoms with Crippen LogP contribution in [0.15, 0.2) is 29.3 Å². The predicted octanol–water partition coefficient (Wildman–Crippen LogP) is 3.04. The van der Waals surface area contributed by atoms with Crippen LogP contribution in [0.25, 0.3) is 0 Å². The van der Waals surface area contributed by atoms with Gasteiger partial charge in [-0.1, -0.05) is 24.3 Å². The number of benzene rings is 1. The number of hydrogen-bond donors (Lipinski definition) is 0. The summed E-state index contributed by atoms with van der Waals surface area (Å²) in [5.74, 6) is 0.686. The normalized spacial score (nSPS) is 10.9. The van der Waals surface area contributed by atoms with Crippen LogP contribution in [0, 0.1) is 6.92 Å². The van der Waals surface area contributed by atoms with Gasteiger partial charge in [0.05, 0.1) is 0 Å². The Bertz CT molecular complexity index is 281. The van der Waals surface area contributed by atoms with Crippen LogP contribution >= 0.6 is 11.6 Å². The zero-order valence-electron chi connectivity index (χ0n) is 7.83. The molecule has 0 fully saturated rings. The van der Waals surface area contributed by atoms with Crippen LogP contribution in [-0.4, -0.2) is 18.6 Å². The molecule has 0 saturated heterocycles. The highest BCUT2D eigenvalue weighted by molar-refractivity contribution is 6.17. The minimum atomic E-state index is 0.686. The van der Waals surface area contributed by atoms with E-state index in [1.807, 2.05) is 18.3 Å². The first-order chi connectivity index (χ1) is 6.34. The highest BCUT2D eigenvalue weighted by atomic mass is 35.5. The van der Waals surface area contributed by atoms with Gasteiger partial charge in [0.1, 0.15) is 0 Å². The average Bonchev–Trinajstić information content (AvgIpc) is 2.15. The Hall–Kier alpha value is -0.820. The fourth-order valence-electron chi connectivity index (χ4n) is 1.05. The summed E-state index contributed by atoms with van der Waals surface area (Å²) in [4.78, 5) is 4.28. The highest BCUT2D eigenvalue weighted by Gasteiger charge is 1.90. The summed E-state index contributed by atoms with van der Waals surface area (Å²) in [7, 11) is 0. The smallest absolute Gasteiger partial charge is 0.0400 e. The largest absolute Gasteiger partial charge is 0.293 e. The van der Waals surface area contributed by atoms with E-state index in [4.69, 9.17) is 11.6 Å². The van der Waals surface area contributed by atoms with Gasteiger partial charge in [-0.15, -0.1) is 11.6 Å². The van der Waals surface area contributed by atoms with Crippen LogP contribution < -0.4 is 0 Å². The standard InChI is InChI=1S/C11H14ClN/c1-10-5-2-3-6-11(10)9-13-8-4-7-12/h2-3,5-6,9H,4,7-8H2,1H3. The molecule has 13 heavy (non-hydrogen) atoms. The number of hydrogen-bond acceptors (Lipinski definition) is 1. The molecular weight excluding hydrogens is 182 g/mol. The molecule has 0 heterocycles. The zero-order chi connectivity index (χ0) is 9.52. The van der Waals surface area contributed by atoms with Gasteiger partial charge in [-0.3, -0.25) is 4.99 Å². The van der Waals surface area contributed by atoms with Crippen molar-refractivity contribution >= 4 is 17.8 Å². The molecule has 0 aromatic heterocycles. The van der Waals surface area contributed by atoms with E-state index in [2.05, 4.69) is 24.0 Å². The highest BCUT2D eigenvalue weighted by Crippen LogP contribution is 2.03. The fraction of sp³-hybridized carbons (Fsp3) is 0.364. The summed E-state index contributed by atoms with van der Waals surface area (Å²) in [6.45, 7) is 2.90. The maximum absolute atomic E-state index is 5.54. The monoisotopic (exact) mass is 195 g/mol. The van der Waals surface area contributed by atoms with E-state index in [0.29, 0.717) is 5.88 Å². The SMILES string of the molecule is Cc1ccccc1C=NCCCCl. The van der Waals surface area contributed by atoms with Crippen LogP contribution in [0.5, 0.6) is 0 Å². The van der Waals surface area contributed by atoms with Crippen LogP contribution in [0.2, 0.25) is 0 Å². The Morgan fingerprint density at radius 2 is 2.15 bits per heavy atom. The third-order valence-electron chi connectivity index (χ3n) is 1.84. The maximum Gasteiger partial charge on any atom is 0.0400 e. The summed E-state index contributed by atoms with van der Waals surface area (Å²) < 4.78 is 0. The van der Waals surface area contributed by atoms with Crippen molar-refractivity contribution in [3.05, 3.63) is 35.4 Å². The first-order valence-electron chi connectivity index (χ1n) is 4.46. The molecule has 0 atom stereocenters. The third kappa shape index (κ3) is 3.60. The molecule has 0 N–H and O–H groups in total. The first-order valence-corrected chi connectivity index (χ1v) is 4.99. The van der Waals surface area contributed by atoms with E-state index in [-0.39, 0.29) is 0 Å². The number of nitrogens with zero attached hydrogens (tertiary/aromatic N) is 1. The van der Waals surface area contributed by atoms with Crippen LogP contribution in [-0.2, 0) is 0 Å². The molecule has 70 valence electrons. The predicted molar refractivity (Wildman–Crippen MR) is 59.0 cm³/mol. The number of alkyl halides is 1. The van der Waals surface area contributed by atoms with Crippen LogP contribution in [0.4, 0.5) is 0 Å². The molecule has 1 nitrogen and oxygen atoms in total. The lowest BCUT2D eigenvalue weighted by Gasteiger charge is -1.97. The minimum absolute atomic E-state index is 0.686. The van der Waals surface area contributed by atoms with Gasteiger partial charge < -0.3 is 0 Å². The molecule has 1 aromatic rings. The van der Waals surface area contributed by atoms with E-state index >= 15 is 0 Å². The Labute approximate surface area is 84.5 Å². The molecule has 0 bridgehead atoms. The molecule has 0 aliphatic heterocycles. The van der Waals surface area contributed by atoms with Crippen LogP contribution in [0.1, 0.15) is 17.5 Å². The molecule has 0 amide bonds. The molecule has 0 aliphatic rings. The van der Waals surface area contributed by atoms with E-state index < -0.39 is 0 Å². The second kappa shape index (κ2) is 5.76. The first kappa shape index (κ1) is 10.3. The summed E-state index contributed by atoms with van der Waals surface area (Å²) in [5.41, 5.74) is 2.45. The van der Waals surface area contributed by atoms with Crippen LogP contribution in [0.3, 0.4) is 0 Å². The van der Waals surface area contributed by atoms with Gasteiger partial charge in [0.2, 0.25) is 0 Å². The number of rotatable bonds is 4. The average molecular weight is 196 g/mol. The number of aryl methyl sites for hydroxylation is 1. The summed E-state index contributed by atoms with van der Waals surface area (Å²) >= 11 is 5.54. The molecule has 2 heteroatoms. The molecule has 1 aromatic carbocycles. The van der Waals surface area contributed by atoms with Crippen molar-refractivity contribution in [1.29, 1.82) is 0 Å². The van der Waals surface area contributed by atoms with Gasteiger partial charge in [-0.25, -0.2) is 0 Å². The van der Waals surface area contributed by atoms with E-state index in [0.717, 1.165) is 13.0 Å². The molecule has 0 aliphatic carbocycles. The lowest BCUT2D eigenvalue weighted by molar-refractivity contribution is 0.943. The second-order valence-electron chi connectivity index (χ2n) is 2.93. The van der Waals surface area contributed by atoms with Gasteiger partial charge in [0.15, 0.2) is 0 Å². The lowest BCUT2D eigenvalue weighted by atomic mass is 10.1. The number of aliphatic imine (C=N–C) groups is 1. The summed E-state index contributed by atoms with van der Waals surface area (Å²) in [5, 5.41) is 0. The van der Waals surface area contributed by atoms with Crippen molar-refractivity contribution < 1.29 is 0 Å². The van der Waals surface area contributed by atoms with E-state index in [1.165, 1.54) is 11.1 Å². The maximum atomic E-state index is 5.54. The van der Waals surface area contributed by atoms with Crippen molar-refractivity contribution in [1.82, 2.24) is 0 Å². The quantitative estimate of drug-likeness (QED) is 0.398. The molecular formula is C11H14ClN. The molecule has 0 radical (unpaired) electrons. The van der Waals surface area contributed by atoms with Gasteiger partial charge in [-0.2, -0.15) is 0 Å². The van der Waals surface area contributed by atoms with Crippen molar-refractivity contribution in [2.45, 2.75) is 13.3 Å². The van der Waals surface area contributed by atoms with Crippen molar-refractivity contribution in [3.63, 3.8) is 0 Å². The molecule has 0 unspecified atom stereocenters. The minimum Gasteiger partial charge on any atom is -0.293 e. The van der Waals surface area contributed by atoms with Crippen molar-refractivity contribution in [2.75, 3.05) is 12.4 Å². The Balaban J connectivity index is 2.53. The van der Waals surface area contributed by atoms with Gasteiger partial charge in [-0.05, 0) is 24.5 Å². The number of halogens is 1. The second-order valence-corrected chi connectivity index (χ2v) is 3.31. The Kier molecular flexibility index (Phi) is 4.55. The third-order valence-corrected chi connectivity index (χ3v) is 2.11. The summed E-state index contributed by atoms with van der Waals surface area (Å²) in [6.07, 6.45) is 2.87. The summed E-state index contributed by atoms with van der Waals surface area (Å²) in [6, 6.07) is 8.21. The Morgan fingerprint density at radius 3 is 2.85 bits per heavy atom. The lowest BCUT2D eigenvalue weighted by Crippen LogP contribution is -1.88. The van der Waals surface area contributed by atoms with Gasteiger partial charge in [0, 0.05) is 18.6 Å². The zero-order valence-corrected chi connectivity index (χ0v) is 8.59. The van der Waals surface area contributed by atoms with Gasteiger partial charge >= 0.3 is 0 Å². The Morgan fingerprint density at radius 1 is 1.38 bits per heavy atom.